The highest BCUT2D eigenvalue weighted by Gasteiger charge is 2.16. The number of nitrogens with two attached hydrogens (primary N) is 1. The first-order valence-corrected chi connectivity index (χ1v) is 7.69. The average Bonchev–Trinajstić information content (AvgIpc) is 2.28. The second kappa shape index (κ2) is 6.31. The van der Waals surface area contributed by atoms with Gasteiger partial charge in [0.2, 0.25) is 10.0 Å². The second-order valence-corrected chi connectivity index (χ2v) is 6.06. The van der Waals surface area contributed by atoms with Crippen LogP contribution >= 0.6 is 15.9 Å². The molecule has 0 bridgehead atoms. The van der Waals surface area contributed by atoms with Crippen LogP contribution in [-0.4, -0.2) is 21.0 Å². The lowest BCUT2D eigenvalue weighted by Gasteiger charge is -2.06. The van der Waals surface area contributed by atoms with Gasteiger partial charge >= 0.3 is 5.97 Å². The maximum atomic E-state index is 11.6. The number of carbonyl (C=O) groups excluding carboxylic acids is 1. The highest BCUT2D eigenvalue weighted by molar-refractivity contribution is 9.10. The van der Waals surface area contributed by atoms with Crippen LogP contribution in [0.5, 0.6) is 0 Å². The lowest BCUT2D eigenvalue weighted by atomic mass is 10.2. The minimum Gasteiger partial charge on any atom is -0.462 e. The Labute approximate surface area is 114 Å². The van der Waals surface area contributed by atoms with E-state index in [1.807, 2.05) is 6.92 Å². The van der Waals surface area contributed by atoms with Gasteiger partial charge in [0, 0.05) is 4.47 Å². The Kier molecular flexibility index (Phi) is 5.30. The molecule has 0 spiro atoms. The molecule has 1 aromatic carbocycles. The van der Waals surface area contributed by atoms with Crippen molar-refractivity contribution in [3.05, 3.63) is 28.2 Å². The molecule has 1 aromatic rings. The Bertz CT molecular complexity index is 542. The molecule has 1 rings (SSSR count). The number of unbranched alkanes of at least 4 members (excludes halogenated alkanes) is 1. The minimum absolute atomic E-state index is 0.132. The van der Waals surface area contributed by atoms with Gasteiger partial charge in [-0.25, -0.2) is 18.4 Å². The monoisotopic (exact) mass is 335 g/mol. The first-order valence-electron chi connectivity index (χ1n) is 5.35. The van der Waals surface area contributed by atoms with E-state index in [1.165, 1.54) is 18.2 Å². The third-order valence-corrected chi connectivity index (χ3v) is 4.11. The molecule has 0 aliphatic heterocycles. The van der Waals surface area contributed by atoms with Gasteiger partial charge in [-0.05, 0) is 40.5 Å². The third-order valence-electron chi connectivity index (χ3n) is 2.20. The van der Waals surface area contributed by atoms with Crippen molar-refractivity contribution in [2.75, 3.05) is 6.61 Å². The summed E-state index contributed by atoms with van der Waals surface area (Å²) in [5.41, 5.74) is 0.165. The number of ether oxygens (including phenoxy) is 1. The fourth-order valence-corrected chi connectivity index (χ4v) is 2.80. The summed E-state index contributed by atoms with van der Waals surface area (Å²) in [5, 5.41) is 5.04. The standard InChI is InChI=1S/C11H14BrNO4S/c1-2-3-6-17-11(14)8-4-5-9(12)10(7-8)18(13,15)16/h4-5,7H,2-3,6H2,1H3,(H2,13,15,16). The number of rotatable bonds is 5. The first-order chi connectivity index (χ1) is 8.36. The van der Waals surface area contributed by atoms with Crippen molar-refractivity contribution < 1.29 is 17.9 Å². The summed E-state index contributed by atoms with van der Waals surface area (Å²) in [6, 6.07) is 4.14. The first kappa shape index (κ1) is 15.1. The Morgan fingerprint density at radius 3 is 2.67 bits per heavy atom. The zero-order chi connectivity index (χ0) is 13.8. The minimum atomic E-state index is -3.87. The number of benzene rings is 1. The predicted octanol–water partition coefficient (Wildman–Crippen LogP) is 2.05. The van der Waals surface area contributed by atoms with Crippen LogP contribution in [0.1, 0.15) is 30.1 Å². The molecule has 0 heterocycles. The van der Waals surface area contributed by atoms with Crippen molar-refractivity contribution in [2.45, 2.75) is 24.7 Å². The smallest absolute Gasteiger partial charge is 0.338 e. The van der Waals surface area contributed by atoms with Crippen LogP contribution in [-0.2, 0) is 14.8 Å². The van der Waals surface area contributed by atoms with E-state index >= 15 is 0 Å². The van der Waals surface area contributed by atoms with Crippen LogP contribution in [0.2, 0.25) is 0 Å². The van der Waals surface area contributed by atoms with E-state index in [0.29, 0.717) is 11.1 Å². The van der Waals surface area contributed by atoms with Crippen molar-refractivity contribution in [1.82, 2.24) is 0 Å². The Morgan fingerprint density at radius 1 is 1.44 bits per heavy atom. The summed E-state index contributed by atoms with van der Waals surface area (Å²) < 4.78 is 27.9. The molecule has 0 aromatic heterocycles. The molecule has 0 saturated heterocycles. The van der Waals surface area contributed by atoms with E-state index in [2.05, 4.69) is 15.9 Å². The van der Waals surface area contributed by atoms with E-state index in [9.17, 15) is 13.2 Å². The number of esters is 1. The van der Waals surface area contributed by atoms with Crippen LogP contribution in [0.4, 0.5) is 0 Å². The molecule has 100 valence electrons. The highest BCUT2D eigenvalue weighted by Crippen LogP contribution is 2.22. The fraction of sp³-hybridized carbons (Fsp3) is 0.364. The number of carbonyl (C=O) groups is 1. The van der Waals surface area contributed by atoms with E-state index in [-0.39, 0.29) is 10.5 Å². The molecular weight excluding hydrogens is 322 g/mol. The van der Waals surface area contributed by atoms with E-state index < -0.39 is 16.0 Å². The summed E-state index contributed by atoms with van der Waals surface area (Å²) in [4.78, 5) is 11.5. The van der Waals surface area contributed by atoms with Crippen LogP contribution in [0.25, 0.3) is 0 Å². The Hall–Kier alpha value is -0.920. The van der Waals surface area contributed by atoms with Gasteiger partial charge in [-0.2, -0.15) is 0 Å². The molecule has 0 radical (unpaired) electrons. The number of primary sulfonamides is 1. The van der Waals surface area contributed by atoms with Gasteiger partial charge in [0.15, 0.2) is 0 Å². The Morgan fingerprint density at radius 2 is 2.11 bits per heavy atom. The van der Waals surface area contributed by atoms with Gasteiger partial charge in [0.25, 0.3) is 0 Å². The third kappa shape index (κ3) is 4.08. The molecule has 18 heavy (non-hydrogen) atoms. The van der Waals surface area contributed by atoms with E-state index in [4.69, 9.17) is 9.88 Å². The number of hydrogen-bond acceptors (Lipinski definition) is 4. The maximum Gasteiger partial charge on any atom is 0.338 e. The molecule has 5 nitrogen and oxygen atoms in total. The van der Waals surface area contributed by atoms with Crippen LogP contribution in [0, 0.1) is 0 Å². The van der Waals surface area contributed by atoms with Crippen molar-refractivity contribution in [1.29, 1.82) is 0 Å². The maximum absolute atomic E-state index is 11.6. The number of sulfonamides is 1. The number of hydrogen-bond donors (Lipinski definition) is 1. The fourth-order valence-electron chi connectivity index (χ4n) is 1.24. The SMILES string of the molecule is CCCCOC(=O)c1ccc(Br)c(S(N)(=O)=O)c1. The molecule has 7 heteroatoms. The topological polar surface area (TPSA) is 86.5 Å². The lowest BCUT2D eigenvalue weighted by molar-refractivity contribution is 0.0499. The summed E-state index contributed by atoms with van der Waals surface area (Å²) in [6.07, 6.45) is 1.68. The zero-order valence-electron chi connectivity index (χ0n) is 9.85. The molecule has 2 N–H and O–H groups in total. The lowest BCUT2D eigenvalue weighted by Crippen LogP contribution is -2.14. The molecular formula is C11H14BrNO4S. The second-order valence-electron chi connectivity index (χ2n) is 3.68. The summed E-state index contributed by atoms with van der Waals surface area (Å²) >= 11 is 3.07. The van der Waals surface area contributed by atoms with Crippen LogP contribution < -0.4 is 5.14 Å². The predicted molar refractivity (Wildman–Crippen MR) is 70.7 cm³/mol. The van der Waals surface area contributed by atoms with Gasteiger partial charge in [-0.3, -0.25) is 0 Å². The molecule has 0 atom stereocenters. The van der Waals surface area contributed by atoms with Crippen LogP contribution in [0.3, 0.4) is 0 Å². The quantitative estimate of drug-likeness (QED) is 0.659. The van der Waals surface area contributed by atoms with E-state index in [1.54, 1.807) is 0 Å². The highest BCUT2D eigenvalue weighted by atomic mass is 79.9. The molecule has 0 aliphatic carbocycles. The Balaban J connectivity index is 2.95. The normalized spacial score (nSPS) is 11.3. The molecule has 0 unspecified atom stereocenters. The van der Waals surface area contributed by atoms with Crippen LogP contribution in [0.15, 0.2) is 27.6 Å². The summed E-state index contributed by atoms with van der Waals surface area (Å²) in [7, 11) is -3.87. The molecule has 0 aliphatic rings. The summed E-state index contributed by atoms with van der Waals surface area (Å²) in [5.74, 6) is -0.555. The molecule has 0 saturated carbocycles. The van der Waals surface area contributed by atoms with Gasteiger partial charge in [-0.1, -0.05) is 13.3 Å². The number of halogens is 1. The van der Waals surface area contributed by atoms with Crippen molar-refractivity contribution >= 4 is 31.9 Å². The molecule has 0 amide bonds. The van der Waals surface area contributed by atoms with Crippen molar-refractivity contribution in [2.24, 2.45) is 5.14 Å². The van der Waals surface area contributed by atoms with Crippen molar-refractivity contribution in [3.63, 3.8) is 0 Å². The largest absolute Gasteiger partial charge is 0.462 e. The molecule has 0 fully saturated rings. The van der Waals surface area contributed by atoms with E-state index in [0.717, 1.165) is 12.8 Å². The average molecular weight is 336 g/mol. The van der Waals surface area contributed by atoms with Gasteiger partial charge in [0.05, 0.1) is 17.1 Å². The van der Waals surface area contributed by atoms with Gasteiger partial charge in [0.1, 0.15) is 0 Å². The van der Waals surface area contributed by atoms with Crippen molar-refractivity contribution in [3.8, 4) is 0 Å². The zero-order valence-corrected chi connectivity index (χ0v) is 12.3. The van der Waals surface area contributed by atoms with Gasteiger partial charge < -0.3 is 4.74 Å². The summed E-state index contributed by atoms with van der Waals surface area (Å²) in [6.45, 7) is 2.29. The van der Waals surface area contributed by atoms with Gasteiger partial charge in [-0.15, -0.1) is 0 Å².